The number of carbonyl (C=O) groups is 1. The minimum Gasteiger partial charge on any atom is -0.491 e. The van der Waals surface area contributed by atoms with E-state index in [1.807, 2.05) is 67.1 Å². The van der Waals surface area contributed by atoms with Crippen LogP contribution in [-0.4, -0.2) is 26.7 Å². The molecule has 4 aromatic carbocycles. The third kappa shape index (κ3) is 7.07. The van der Waals surface area contributed by atoms with Crippen LogP contribution >= 0.6 is 23.2 Å². The molecule has 0 radical (unpaired) electrons. The molecule has 1 heterocycles. The van der Waals surface area contributed by atoms with Crippen molar-refractivity contribution >= 4 is 41.3 Å². The second kappa shape index (κ2) is 12.5. The average Bonchev–Trinajstić information content (AvgIpc) is 3.34. The molecule has 1 N–H and O–H groups in total. The fourth-order valence-electron chi connectivity index (χ4n) is 4.42. The van der Waals surface area contributed by atoms with Crippen LogP contribution in [0.4, 0.5) is 0 Å². The second-order valence-corrected chi connectivity index (χ2v) is 10.7. The minimum absolute atomic E-state index is 0.138. The van der Waals surface area contributed by atoms with E-state index < -0.39 is 5.97 Å². The van der Waals surface area contributed by atoms with Crippen LogP contribution in [0.15, 0.2) is 97.2 Å². The summed E-state index contributed by atoms with van der Waals surface area (Å²) in [5.74, 6) is 0.639. The summed E-state index contributed by atoms with van der Waals surface area (Å²) in [6, 6.07) is 28.6. The number of nitrogens with zero attached hydrogens (tertiary/aromatic N) is 2. The Kier molecular flexibility index (Phi) is 8.58. The van der Waals surface area contributed by atoms with Crippen molar-refractivity contribution in [1.82, 2.24) is 9.55 Å². The first-order chi connectivity index (χ1) is 19.7. The minimum atomic E-state index is -0.953. The molecule has 0 aliphatic heterocycles. The molecular weight excluding hydrogens is 555 g/mol. The van der Waals surface area contributed by atoms with Gasteiger partial charge in [0.2, 0.25) is 0 Å². The molecule has 206 valence electrons. The zero-order chi connectivity index (χ0) is 28.9. The van der Waals surface area contributed by atoms with Gasteiger partial charge in [-0.25, -0.2) is 9.78 Å². The summed E-state index contributed by atoms with van der Waals surface area (Å²) < 4.78 is 7.76. The lowest BCUT2D eigenvalue weighted by Crippen LogP contribution is -2.05. The highest BCUT2D eigenvalue weighted by Crippen LogP contribution is 2.31. The summed E-state index contributed by atoms with van der Waals surface area (Å²) in [5.41, 5.74) is 5.95. The van der Waals surface area contributed by atoms with Gasteiger partial charge in [0.15, 0.2) is 0 Å². The van der Waals surface area contributed by atoms with E-state index in [0.29, 0.717) is 22.3 Å². The number of carboxylic acid groups (broad SMARTS) is 1. The van der Waals surface area contributed by atoms with Crippen molar-refractivity contribution in [2.24, 2.45) is 0 Å². The third-order valence-electron chi connectivity index (χ3n) is 6.46. The van der Waals surface area contributed by atoms with E-state index >= 15 is 0 Å². The maximum absolute atomic E-state index is 11.3. The Hall–Kier alpha value is -4.32. The number of hydrogen-bond acceptors (Lipinski definition) is 3. The first-order valence-corrected chi connectivity index (χ1v) is 13.9. The topological polar surface area (TPSA) is 64.4 Å². The maximum atomic E-state index is 11.3. The van der Waals surface area contributed by atoms with Gasteiger partial charge in [-0.2, -0.15) is 0 Å². The molecule has 0 bridgehead atoms. The number of ether oxygens (including phenoxy) is 1. The molecular formula is C34H28Cl2N2O3. The van der Waals surface area contributed by atoms with Crippen LogP contribution in [0.1, 0.15) is 41.2 Å². The van der Waals surface area contributed by atoms with Crippen LogP contribution in [0.3, 0.4) is 0 Å². The highest BCUT2D eigenvalue weighted by atomic mass is 35.5. The summed E-state index contributed by atoms with van der Waals surface area (Å²) in [5, 5.41) is 10.3. The zero-order valence-electron chi connectivity index (χ0n) is 22.6. The van der Waals surface area contributed by atoms with E-state index in [2.05, 4.69) is 36.4 Å². The molecule has 5 nitrogen and oxygen atoms in total. The monoisotopic (exact) mass is 582 g/mol. The molecule has 0 amide bonds. The molecule has 0 unspecified atom stereocenters. The number of aromatic carboxylic acids is 1. The van der Waals surface area contributed by atoms with Gasteiger partial charge >= 0.3 is 5.97 Å². The van der Waals surface area contributed by atoms with Crippen molar-refractivity contribution in [2.75, 3.05) is 0 Å². The highest BCUT2D eigenvalue weighted by Gasteiger charge is 2.12. The highest BCUT2D eigenvalue weighted by molar-refractivity contribution is 6.36. The fraction of sp³-hybridized carbons (Fsp3) is 0.118. The first kappa shape index (κ1) is 28.2. The fourth-order valence-corrected chi connectivity index (χ4v) is 4.93. The van der Waals surface area contributed by atoms with Crippen LogP contribution in [0.2, 0.25) is 10.0 Å². The predicted octanol–water partition coefficient (Wildman–Crippen LogP) is 9.23. The van der Waals surface area contributed by atoms with E-state index in [0.717, 1.165) is 39.4 Å². The molecule has 1 aromatic heterocycles. The Balaban J connectivity index is 1.41. The first-order valence-electron chi connectivity index (χ1n) is 13.2. The van der Waals surface area contributed by atoms with Gasteiger partial charge in [-0.1, -0.05) is 77.8 Å². The third-order valence-corrected chi connectivity index (χ3v) is 7.01. The van der Waals surface area contributed by atoms with Gasteiger partial charge in [0, 0.05) is 23.3 Å². The maximum Gasteiger partial charge on any atom is 0.335 e. The van der Waals surface area contributed by atoms with Crippen molar-refractivity contribution in [1.29, 1.82) is 0 Å². The number of aromatic nitrogens is 2. The van der Waals surface area contributed by atoms with Crippen molar-refractivity contribution in [2.45, 2.75) is 26.5 Å². The van der Waals surface area contributed by atoms with Gasteiger partial charge in [0.05, 0.1) is 22.4 Å². The van der Waals surface area contributed by atoms with E-state index in [1.54, 1.807) is 24.3 Å². The van der Waals surface area contributed by atoms with Gasteiger partial charge in [-0.15, -0.1) is 0 Å². The largest absolute Gasteiger partial charge is 0.491 e. The average molecular weight is 584 g/mol. The summed E-state index contributed by atoms with van der Waals surface area (Å²) in [4.78, 5) is 16.1. The number of carboxylic acids is 1. The quantitative estimate of drug-likeness (QED) is 0.188. The lowest BCUT2D eigenvalue weighted by molar-refractivity contribution is 0.0697. The molecule has 5 rings (SSSR count). The molecule has 5 aromatic rings. The summed E-state index contributed by atoms with van der Waals surface area (Å²) in [7, 11) is 0. The van der Waals surface area contributed by atoms with Crippen molar-refractivity contribution in [3.63, 3.8) is 0 Å². The number of imidazole rings is 1. The Morgan fingerprint density at radius 2 is 1.56 bits per heavy atom. The van der Waals surface area contributed by atoms with E-state index in [9.17, 15) is 9.90 Å². The summed E-state index contributed by atoms with van der Waals surface area (Å²) in [6.45, 7) is 4.53. The van der Waals surface area contributed by atoms with Gasteiger partial charge in [0.25, 0.3) is 0 Å². The normalized spacial score (nSPS) is 11.3. The molecule has 0 aliphatic carbocycles. The van der Waals surface area contributed by atoms with E-state index in [4.69, 9.17) is 32.9 Å². The molecule has 7 heteroatoms. The van der Waals surface area contributed by atoms with Crippen molar-refractivity contribution in [3.05, 3.63) is 130 Å². The smallest absolute Gasteiger partial charge is 0.335 e. The lowest BCUT2D eigenvalue weighted by atomic mass is 10.0. The molecule has 0 fully saturated rings. The summed E-state index contributed by atoms with van der Waals surface area (Å²) in [6.07, 6.45) is 6.06. The summed E-state index contributed by atoms with van der Waals surface area (Å²) >= 11 is 12.6. The molecule has 0 saturated carbocycles. The standard InChI is InChI=1S/C34H28Cl2N2O3/c1-22(2)41-29-15-12-26(13-16-29)25-8-3-23(4-9-25)7-18-33-37-32(30-17-14-28(35)19-31(30)36)21-38(33)20-24-5-10-27(11-6-24)34(39)40/h3-19,21-22H,20H2,1-2H3,(H,39,40). The van der Waals surface area contributed by atoms with Crippen LogP contribution in [-0.2, 0) is 6.54 Å². The predicted molar refractivity (Wildman–Crippen MR) is 167 cm³/mol. The number of benzene rings is 4. The molecule has 0 aliphatic rings. The molecule has 0 spiro atoms. The number of rotatable bonds is 9. The van der Waals surface area contributed by atoms with Crippen molar-refractivity contribution in [3.8, 4) is 28.1 Å². The lowest BCUT2D eigenvalue weighted by Gasteiger charge is -2.10. The van der Waals surface area contributed by atoms with E-state index in [1.165, 1.54) is 0 Å². The Morgan fingerprint density at radius 1 is 0.902 bits per heavy atom. The van der Waals surface area contributed by atoms with Crippen molar-refractivity contribution < 1.29 is 14.6 Å². The molecule has 41 heavy (non-hydrogen) atoms. The Morgan fingerprint density at radius 3 is 2.17 bits per heavy atom. The zero-order valence-corrected chi connectivity index (χ0v) is 24.1. The number of hydrogen-bond donors (Lipinski definition) is 1. The second-order valence-electron chi connectivity index (χ2n) is 9.88. The van der Waals surface area contributed by atoms with Crippen LogP contribution in [0, 0.1) is 0 Å². The van der Waals surface area contributed by atoms with Gasteiger partial charge in [0.1, 0.15) is 11.6 Å². The van der Waals surface area contributed by atoms with Crippen LogP contribution in [0.5, 0.6) is 5.75 Å². The van der Waals surface area contributed by atoms with Crippen LogP contribution in [0.25, 0.3) is 34.5 Å². The number of halogens is 2. The molecule has 0 atom stereocenters. The van der Waals surface area contributed by atoms with Crippen LogP contribution < -0.4 is 4.74 Å². The Bertz CT molecular complexity index is 1690. The molecule has 0 saturated heterocycles. The SMILES string of the molecule is CC(C)Oc1ccc(-c2ccc(C=Cc3nc(-c4ccc(Cl)cc4Cl)cn3Cc3ccc(C(=O)O)cc3)cc2)cc1. The van der Waals surface area contributed by atoms with Gasteiger partial charge < -0.3 is 14.4 Å². The Labute approximate surface area is 249 Å². The van der Waals surface area contributed by atoms with Gasteiger partial charge in [-0.3, -0.25) is 0 Å². The van der Waals surface area contributed by atoms with Gasteiger partial charge in [-0.05, 0) is 84.6 Å². The van der Waals surface area contributed by atoms with E-state index in [-0.39, 0.29) is 11.7 Å².